The maximum atomic E-state index is 12.2. The fourth-order valence-electron chi connectivity index (χ4n) is 1.87. The molecule has 21 heavy (non-hydrogen) atoms. The molecule has 6 heteroatoms. The van der Waals surface area contributed by atoms with Gasteiger partial charge < -0.3 is 5.32 Å². The van der Waals surface area contributed by atoms with Crippen LogP contribution in [-0.4, -0.2) is 20.9 Å². The monoisotopic (exact) mass is 275 g/mol. The SMILES string of the molecule is N#Cc1ccccc1NC(=O)c1cnc2nccnc2c1. The minimum atomic E-state index is -0.349. The zero-order valence-electron chi connectivity index (χ0n) is 10.8. The Kier molecular flexibility index (Phi) is 3.23. The molecule has 0 unspecified atom stereocenters. The summed E-state index contributed by atoms with van der Waals surface area (Å²) in [5.74, 6) is -0.349. The zero-order valence-corrected chi connectivity index (χ0v) is 10.8. The molecule has 1 aromatic carbocycles. The summed E-state index contributed by atoms with van der Waals surface area (Å²) in [4.78, 5) is 24.5. The maximum Gasteiger partial charge on any atom is 0.257 e. The van der Waals surface area contributed by atoms with Crippen molar-refractivity contribution in [1.29, 1.82) is 5.26 Å². The first-order valence-corrected chi connectivity index (χ1v) is 6.15. The number of para-hydroxylation sites is 1. The summed E-state index contributed by atoms with van der Waals surface area (Å²) in [5.41, 5.74) is 2.24. The fourth-order valence-corrected chi connectivity index (χ4v) is 1.87. The van der Waals surface area contributed by atoms with Crippen LogP contribution in [0.2, 0.25) is 0 Å². The Hall–Kier alpha value is -3.33. The van der Waals surface area contributed by atoms with Gasteiger partial charge in [-0.05, 0) is 18.2 Å². The normalized spacial score (nSPS) is 10.0. The van der Waals surface area contributed by atoms with E-state index in [0.29, 0.717) is 28.0 Å². The van der Waals surface area contributed by atoms with Crippen LogP contribution < -0.4 is 5.32 Å². The number of amides is 1. The Bertz CT molecular complexity index is 869. The predicted molar refractivity (Wildman–Crippen MR) is 76.4 cm³/mol. The highest BCUT2D eigenvalue weighted by molar-refractivity contribution is 6.05. The molecule has 0 radical (unpaired) electrons. The number of anilines is 1. The first-order chi connectivity index (χ1) is 10.3. The highest BCUT2D eigenvalue weighted by Crippen LogP contribution is 2.15. The second-order valence-electron chi connectivity index (χ2n) is 4.23. The van der Waals surface area contributed by atoms with Crippen LogP contribution in [0.1, 0.15) is 15.9 Å². The molecule has 0 aliphatic heterocycles. The number of hydrogen-bond donors (Lipinski definition) is 1. The minimum absolute atomic E-state index is 0.349. The Labute approximate surface area is 120 Å². The number of carbonyl (C=O) groups excluding carboxylic acids is 1. The summed E-state index contributed by atoms with van der Waals surface area (Å²) in [6.07, 6.45) is 4.51. The van der Waals surface area contributed by atoms with Crippen molar-refractivity contribution in [1.82, 2.24) is 15.0 Å². The van der Waals surface area contributed by atoms with Crippen molar-refractivity contribution in [2.75, 3.05) is 5.32 Å². The van der Waals surface area contributed by atoms with Gasteiger partial charge in [0, 0.05) is 18.6 Å². The van der Waals surface area contributed by atoms with Gasteiger partial charge in [0.15, 0.2) is 5.65 Å². The average Bonchev–Trinajstić information content (AvgIpc) is 2.55. The van der Waals surface area contributed by atoms with Crippen LogP contribution in [0.15, 0.2) is 48.9 Å². The van der Waals surface area contributed by atoms with Crippen molar-refractivity contribution in [2.45, 2.75) is 0 Å². The lowest BCUT2D eigenvalue weighted by Crippen LogP contribution is -2.13. The van der Waals surface area contributed by atoms with E-state index < -0.39 is 0 Å². The van der Waals surface area contributed by atoms with Crippen LogP contribution in [0, 0.1) is 11.3 Å². The van der Waals surface area contributed by atoms with Crippen molar-refractivity contribution < 1.29 is 4.79 Å². The third kappa shape index (κ3) is 2.53. The first kappa shape index (κ1) is 12.7. The number of nitriles is 1. The van der Waals surface area contributed by atoms with Crippen molar-refractivity contribution in [3.05, 3.63) is 60.0 Å². The smallest absolute Gasteiger partial charge is 0.257 e. The summed E-state index contributed by atoms with van der Waals surface area (Å²) >= 11 is 0. The summed E-state index contributed by atoms with van der Waals surface area (Å²) in [6.45, 7) is 0. The molecule has 0 aliphatic rings. The minimum Gasteiger partial charge on any atom is -0.321 e. The predicted octanol–water partition coefficient (Wildman–Crippen LogP) is 2.15. The van der Waals surface area contributed by atoms with Crippen LogP contribution >= 0.6 is 0 Å². The lowest BCUT2D eigenvalue weighted by atomic mass is 10.2. The average molecular weight is 275 g/mol. The molecule has 3 rings (SSSR count). The van der Waals surface area contributed by atoms with Crippen LogP contribution in [0.5, 0.6) is 0 Å². The van der Waals surface area contributed by atoms with E-state index >= 15 is 0 Å². The molecule has 0 saturated carbocycles. The van der Waals surface area contributed by atoms with Gasteiger partial charge in [-0.1, -0.05) is 12.1 Å². The van der Waals surface area contributed by atoms with E-state index in [4.69, 9.17) is 5.26 Å². The Morgan fingerprint density at radius 1 is 1.14 bits per heavy atom. The Balaban J connectivity index is 1.92. The van der Waals surface area contributed by atoms with Crippen molar-refractivity contribution in [3.63, 3.8) is 0 Å². The molecule has 0 atom stereocenters. The van der Waals surface area contributed by atoms with Gasteiger partial charge in [0.1, 0.15) is 11.6 Å². The standard InChI is InChI=1S/C15H9N5O/c16-8-10-3-1-2-4-12(10)20-15(21)11-7-13-14(19-9-11)18-6-5-17-13/h1-7,9H,(H,20,21). The molecule has 2 aromatic heterocycles. The van der Waals surface area contributed by atoms with Gasteiger partial charge >= 0.3 is 0 Å². The maximum absolute atomic E-state index is 12.2. The topological polar surface area (TPSA) is 91.6 Å². The summed E-state index contributed by atoms with van der Waals surface area (Å²) in [5, 5.41) is 11.7. The first-order valence-electron chi connectivity index (χ1n) is 6.15. The van der Waals surface area contributed by atoms with E-state index in [1.54, 1.807) is 30.3 Å². The molecular formula is C15H9N5O. The number of carbonyl (C=O) groups is 1. The van der Waals surface area contributed by atoms with Crippen LogP contribution in [0.4, 0.5) is 5.69 Å². The molecule has 0 bridgehead atoms. The van der Waals surface area contributed by atoms with Gasteiger partial charge in [0.25, 0.3) is 5.91 Å². The molecule has 2 heterocycles. The highest BCUT2D eigenvalue weighted by Gasteiger charge is 2.10. The van der Waals surface area contributed by atoms with Crippen molar-refractivity contribution >= 4 is 22.8 Å². The number of pyridine rings is 1. The Morgan fingerprint density at radius 2 is 1.95 bits per heavy atom. The fraction of sp³-hybridized carbons (Fsp3) is 0. The second kappa shape index (κ2) is 5.35. The van der Waals surface area contributed by atoms with Crippen LogP contribution in [0.25, 0.3) is 11.2 Å². The quantitative estimate of drug-likeness (QED) is 0.773. The number of aromatic nitrogens is 3. The third-order valence-electron chi connectivity index (χ3n) is 2.88. The molecule has 100 valence electrons. The van der Waals surface area contributed by atoms with Crippen molar-refractivity contribution in [3.8, 4) is 6.07 Å². The van der Waals surface area contributed by atoms with E-state index in [-0.39, 0.29) is 5.91 Å². The number of hydrogen-bond acceptors (Lipinski definition) is 5. The van der Waals surface area contributed by atoms with Gasteiger partial charge in [0.2, 0.25) is 0 Å². The second-order valence-corrected chi connectivity index (χ2v) is 4.23. The van der Waals surface area contributed by atoms with E-state index in [2.05, 4.69) is 20.3 Å². The molecule has 0 fully saturated rings. The third-order valence-corrected chi connectivity index (χ3v) is 2.88. The Morgan fingerprint density at radius 3 is 2.81 bits per heavy atom. The van der Waals surface area contributed by atoms with E-state index in [9.17, 15) is 4.79 Å². The summed E-state index contributed by atoms with van der Waals surface area (Å²) in [6, 6.07) is 10.4. The van der Waals surface area contributed by atoms with E-state index in [1.165, 1.54) is 18.6 Å². The summed E-state index contributed by atoms with van der Waals surface area (Å²) in [7, 11) is 0. The molecule has 0 saturated heterocycles. The van der Waals surface area contributed by atoms with E-state index in [1.807, 2.05) is 6.07 Å². The molecule has 3 aromatic rings. The summed E-state index contributed by atoms with van der Waals surface area (Å²) < 4.78 is 0. The molecule has 0 aliphatic carbocycles. The lowest BCUT2D eigenvalue weighted by Gasteiger charge is -2.06. The van der Waals surface area contributed by atoms with Gasteiger partial charge in [-0.3, -0.25) is 9.78 Å². The highest BCUT2D eigenvalue weighted by atomic mass is 16.1. The largest absolute Gasteiger partial charge is 0.321 e. The lowest BCUT2D eigenvalue weighted by molar-refractivity contribution is 0.102. The van der Waals surface area contributed by atoms with Gasteiger partial charge in [-0.15, -0.1) is 0 Å². The van der Waals surface area contributed by atoms with Crippen LogP contribution in [-0.2, 0) is 0 Å². The van der Waals surface area contributed by atoms with Crippen LogP contribution in [0.3, 0.4) is 0 Å². The van der Waals surface area contributed by atoms with Gasteiger partial charge in [-0.25, -0.2) is 9.97 Å². The van der Waals surface area contributed by atoms with Gasteiger partial charge in [0.05, 0.1) is 16.8 Å². The molecular weight excluding hydrogens is 266 g/mol. The number of benzene rings is 1. The van der Waals surface area contributed by atoms with E-state index in [0.717, 1.165) is 0 Å². The number of nitrogens with one attached hydrogen (secondary N) is 1. The van der Waals surface area contributed by atoms with Crippen molar-refractivity contribution in [2.24, 2.45) is 0 Å². The molecule has 6 nitrogen and oxygen atoms in total. The molecule has 1 amide bonds. The molecule has 1 N–H and O–H groups in total. The number of rotatable bonds is 2. The zero-order chi connectivity index (χ0) is 14.7. The van der Waals surface area contributed by atoms with Gasteiger partial charge in [-0.2, -0.15) is 5.26 Å². The number of nitrogens with zero attached hydrogens (tertiary/aromatic N) is 4. The number of fused-ring (bicyclic) bond motifs is 1. The molecule has 0 spiro atoms.